The zero-order chi connectivity index (χ0) is 13.2. The Morgan fingerprint density at radius 1 is 1.58 bits per heavy atom. The zero-order valence-electron chi connectivity index (χ0n) is 10.4. The van der Waals surface area contributed by atoms with Gasteiger partial charge < -0.3 is 10.5 Å². The number of nitrogens with zero attached hydrogens (tertiary/aromatic N) is 4. The molecule has 0 aromatic carbocycles. The standard InChI is InChI=1S/C11H15N5O2S/c12-4-9-6-15(1-2-18-9)5-8-3-10(17)16-11(14-8)19-7-13-16/h3,7,9H,1-2,4-6,12H2. The summed E-state index contributed by atoms with van der Waals surface area (Å²) < 4.78 is 6.83. The molecule has 2 aromatic rings. The maximum atomic E-state index is 11.8. The molecule has 0 bridgehead atoms. The van der Waals surface area contributed by atoms with E-state index in [0.29, 0.717) is 24.7 Å². The second kappa shape index (κ2) is 5.33. The molecule has 102 valence electrons. The first-order chi connectivity index (χ1) is 9.26. The van der Waals surface area contributed by atoms with Crippen molar-refractivity contribution in [2.45, 2.75) is 12.6 Å². The van der Waals surface area contributed by atoms with Crippen molar-refractivity contribution in [2.24, 2.45) is 5.73 Å². The number of morpholine rings is 1. The first-order valence-corrected chi connectivity index (χ1v) is 7.00. The summed E-state index contributed by atoms with van der Waals surface area (Å²) in [5, 5.41) is 3.94. The van der Waals surface area contributed by atoms with E-state index in [-0.39, 0.29) is 11.7 Å². The normalized spacial score (nSPS) is 21.0. The summed E-state index contributed by atoms with van der Waals surface area (Å²) in [6.45, 7) is 3.44. The highest BCUT2D eigenvalue weighted by molar-refractivity contribution is 7.14. The Hall–Kier alpha value is -1.35. The van der Waals surface area contributed by atoms with Crippen molar-refractivity contribution >= 4 is 16.3 Å². The summed E-state index contributed by atoms with van der Waals surface area (Å²) in [7, 11) is 0. The van der Waals surface area contributed by atoms with E-state index in [1.165, 1.54) is 15.9 Å². The minimum atomic E-state index is -0.134. The Balaban J connectivity index is 1.79. The second-order valence-electron chi connectivity index (χ2n) is 4.48. The molecule has 19 heavy (non-hydrogen) atoms. The molecule has 0 aliphatic carbocycles. The highest BCUT2D eigenvalue weighted by Gasteiger charge is 2.20. The molecule has 8 heteroatoms. The van der Waals surface area contributed by atoms with Crippen LogP contribution in [0.25, 0.3) is 4.96 Å². The quantitative estimate of drug-likeness (QED) is 0.801. The number of hydrogen-bond donors (Lipinski definition) is 1. The van der Waals surface area contributed by atoms with Gasteiger partial charge in [0.2, 0.25) is 4.96 Å². The molecule has 1 fully saturated rings. The number of nitrogens with two attached hydrogens (primary N) is 1. The predicted octanol–water partition coefficient (Wildman–Crippen LogP) is -0.690. The molecule has 2 aromatic heterocycles. The van der Waals surface area contributed by atoms with Gasteiger partial charge in [0.05, 0.1) is 18.4 Å². The summed E-state index contributed by atoms with van der Waals surface area (Å²) in [6, 6.07) is 1.54. The van der Waals surface area contributed by atoms with Crippen LogP contribution in [0.3, 0.4) is 0 Å². The molecule has 0 amide bonds. The van der Waals surface area contributed by atoms with Gasteiger partial charge >= 0.3 is 0 Å². The Labute approximate surface area is 113 Å². The van der Waals surface area contributed by atoms with Gasteiger partial charge in [0.15, 0.2) is 0 Å². The van der Waals surface area contributed by atoms with Crippen LogP contribution in [0.2, 0.25) is 0 Å². The largest absolute Gasteiger partial charge is 0.374 e. The first kappa shape index (κ1) is 12.7. The highest BCUT2D eigenvalue weighted by Crippen LogP contribution is 2.09. The molecule has 3 heterocycles. The summed E-state index contributed by atoms with van der Waals surface area (Å²) in [5.41, 5.74) is 7.87. The van der Waals surface area contributed by atoms with Crippen LogP contribution in [0, 0.1) is 0 Å². The first-order valence-electron chi connectivity index (χ1n) is 6.13. The zero-order valence-corrected chi connectivity index (χ0v) is 11.2. The number of fused-ring (bicyclic) bond motifs is 1. The fourth-order valence-electron chi connectivity index (χ4n) is 2.18. The van der Waals surface area contributed by atoms with Crippen LogP contribution >= 0.6 is 11.3 Å². The SMILES string of the molecule is NCC1CN(Cc2cc(=O)n3ncsc3n2)CCO1. The van der Waals surface area contributed by atoms with Crippen LogP contribution in [-0.2, 0) is 11.3 Å². The molecule has 1 unspecified atom stereocenters. The van der Waals surface area contributed by atoms with E-state index >= 15 is 0 Å². The summed E-state index contributed by atoms with van der Waals surface area (Å²) in [4.78, 5) is 19.1. The maximum absolute atomic E-state index is 11.8. The third-order valence-electron chi connectivity index (χ3n) is 3.11. The van der Waals surface area contributed by atoms with Crippen LogP contribution in [-0.4, -0.2) is 51.8 Å². The highest BCUT2D eigenvalue weighted by atomic mass is 32.1. The van der Waals surface area contributed by atoms with Crippen molar-refractivity contribution in [2.75, 3.05) is 26.2 Å². The lowest BCUT2D eigenvalue weighted by atomic mass is 10.2. The second-order valence-corrected chi connectivity index (χ2v) is 5.29. The topological polar surface area (TPSA) is 85.8 Å². The molecule has 2 N–H and O–H groups in total. The lowest BCUT2D eigenvalue weighted by Gasteiger charge is -2.31. The monoisotopic (exact) mass is 281 g/mol. The fourth-order valence-corrected chi connectivity index (χ4v) is 2.82. The third-order valence-corrected chi connectivity index (χ3v) is 3.79. The van der Waals surface area contributed by atoms with E-state index in [2.05, 4.69) is 15.0 Å². The number of rotatable bonds is 3. The van der Waals surface area contributed by atoms with Gasteiger partial charge in [-0.2, -0.15) is 9.61 Å². The molecule has 1 atom stereocenters. The fraction of sp³-hybridized carbons (Fsp3) is 0.545. The van der Waals surface area contributed by atoms with Gasteiger partial charge in [0.25, 0.3) is 5.56 Å². The molecule has 7 nitrogen and oxygen atoms in total. The Bertz CT molecular complexity index is 625. The molecular formula is C11H15N5O2S. The molecule has 1 aliphatic heterocycles. The minimum absolute atomic E-state index is 0.0713. The molecule has 0 radical (unpaired) electrons. The average Bonchev–Trinajstić information content (AvgIpc) is 2.88. The Morgan fingerprint density at radius 3 is 3.32 bits per heavy atom. The lowest BCUT2D eigenvalue weighted by molar-refractivity contribution is -0.0264. The third kappa shape index (κ3) is 2.66. The molecule has 1 aliphatic rings. The van der Waals surface area contributed by atoms with E-state index in [9.17, 15) is 4.79 Å². The van der Waals surface area contributed by atoms with Crippen LogP contribution in [0.4, 0.5) is 0 Å². The smallest absolute Gasteiger partial charge is 0.275 e. The predicted molar refractivity (Wildman–Crippen MR) is 71.2 cm³/mol. The van der Waals surface area contributed by atoms with Crippen LogP contribution in [0.15, 0.2) is 16.4 Å². The van der Waals surface area contributed by atoms with E-state index < -0.39 is 0 Å². The number of aromatic nitrogens is 3. The number of hydrogen-bond acceptors (Lipinski definition) is 7. The summed E-state index contributed by atoms with van der Waals surface area (Å²) in [6.07, 6.45) is 0.0713. The van der Waals surface area contributed by atoms with Crippen LogP contribution < -0.4 is 11.3 Å². The molecule has 3 rings (SSSR count). The van der Waals surface area contributed by atoms with Crippen molar-refractivity contribution < 1.29 is 4.74 Å². The Kier molecular flexibility index (Phi) is 3.56. The van der Waals surface area contributed by atoms with Gasteiger partial charge in [0.1, 0.15) is 5.51 Å². The summed E-state index contributed by atoms with van der Waals surface area (Å²) in [5.74, 6) is 0. The Morgan fingerprint density at radius 2 is 2.47 bits per heavy atom. The van der Waals surface area contributed by atoms with Gasteiger partial charge in [-0.25, -0.2) is 4.98 Å². The van der Waals surface area contributed by atoms with E-state index in [4.69, 9.17) is 10.5 Å². The average molecular weight is 281 g/mol. The van der Waals surface area contributed by atoms with Crippen molar-refractivity contribution in [1.82, 2.24) is 19.5 Å². The molecule has 0 saturated carbocycles. The van der Waals surface area contributed by atoms with Gasteiger partial charge in [-0.1, -0.05) is 11.3 Å². The van der Waals surface area contributed by atoms with Crippen LogP contribution in [0.5, 0.6) is 0 Å². The van der Waals surface area contributed by atoms with E-state index in [0.717, 1.165) is 18.8 Å². The van der Waals surface area contributed by atoms with Gasteiger partial charge in [-0.3, -0.25) is 9.69 Å². The van der Waals surface area contributed by atoms with Crippen molar-refractivity contribution in [3.63, 3.8) is 0 Å². The molecule has 1 saturated heterocycles. The molecular weight excluding hydrogens is 266 g/mol. The van der Waals surface area contributed by atoms with E-state index in [1.54, 1.807) is 11.6 Å². The van der Waals surface area contributed by atoms with Gasteiger partial charge in [-0.15, -0.1) is 0 Å². The molecule has 0 spiro atoms. The van der Waals surface area contributed by atoms with Crippen molar-refractivity contribution in [1.29, 1.82) is 0 Å². The minimum Gasteiger partial charge on any atom is -0.374 e. The van der Waals surface area contributed by atoms with E-state index in [1.807, 2.05) is 0 Å². The van der Waals surface area contributed by atoms with Gasteiger partial charge in [-0.05, 0) is 0 Å². The van der Waals surface area contributed by atoms with Crippen molar-refractivity contribution in [3.8, 4) is 0 Å². The lowest BCUT2D eigenvalue weighted by Crippen LogP contribution is -2.45. The maximum Gasteiger partial charge on any atom is 0.275 e. The van der Waals surface area contributed by atoms with Crippen LogP contribution in [0.1, 0.15) is 5.69 Å². The number of ether oxygens (including phenoxy) is 1. The van der Waals surface area contributed by atoms with Gasteiger partial charge in [0, 0.05) is 32.2 Å². The summed E-state index contributed by atoms with van der Waals surface area (Å²) >= 11 is 1.36. The van der Waals surface area contributed by atoms with Crippen molar-refractivity contribution in [3.05, 3.63) is 27.6 Å².